The molecule has 5 aliphatic carbocycles. The molecule has 0 unspecified atom stereocenters. The summed E-state index contributed by atoms with van der Waals surface area (Å²) < 4.78 is 0. The highest BCUT2D eigenvalue weighted by atomic mass is 16.2. The zero-order valence-corrected chi connectivity index (χ0v) is 17.0. The lowest BCUT2D eigenvalue weighted by atomic mass is 9.54. The van der Waals surface area contributed by atoms with Crippen LogP contribution in [0, 0.1) is 29.1 Å². The molecule has 1 amide bonds. The molecule has 0 radical (unpaired) electrons. The summed E-state index contributed by atoms with van der Waals surface area (Å²) in [5, 5.41) is 3.52. The van der Waals surface area contributed by atoms with Crippen LogP contribution >= 0.6 is 0 Å². The third-order valence-corrected chi connectivity index (χ3v) is 8.91. The molecule has 1 spiro atoms. The van der Waals surface area contributed by atoms with Gasteiger partial charge in [-0.3, -0.25) is 9.69 Å². The second-order valence-corrected chi connectivity index (χ2v) is 11.0. The molecular weight excluding hydrogens is 344 g/mol. The van der Waals surface area contributed by atoms with Crippen LogP contribution < -0.4 is 5.32 Å². The zero-order chi connectivity index (χ0) is 18.7. The number of benzene rings is 1. The summed E-state index contributed by atoms with van der Waals surface area (Å²) in [7, 11) is 0. The fraction of sp³-hybridized carbons (Fsp3) is 0.720. The van der Waals surface area contributed by atoms with E-state index in [0.29, 0.717) is 23.9 Å². The van der Waals surface area contributed by atoms with Gasteiger partial charge in [-0.1, -0.05) is 24.3 Å². The Balaban J connectivity index is 1.08. The number of hydrogen-bond donors (Lipinski definition) is 1. The molecule has 28 heavy (non-hydrogen) atoms. The van der Waals surface area contributed by atoms with E-state index in [9.17, 15) is 4.79 Å². The molecule has 1 aromatic rings. The lowest BCUT2D eigenvalue weighted by Crippen LogP contribution is -2.57. The molecule has 4 saturated carbocycles. The normalized spacial score (nSPS) is 37.9. The third-order valence-electron chi connectivity index (χ3n) is 8.91. The largest absolute Gasteiger partial charge is 0.352 e. The summed E-state index contributed by atoms with van der Waals surface area (Å²) in [6.07, 6.45) is 12.0. The van der Waals surface area contributed by atoms with Crippen LogP contribution in [0.3, 0.4) is 0 Å². The first-order chi connectivity index (χ1) is 13.7. The lowest BCUT2D eigenvalue weighted by Gasteiger charge is -2.54. The van der Waals surface area contributed by atoms with Crippen LogP contribution in [-0.4, -0.2) is 36.5 Å². The van der Waals surface area contributed by atoms with Gasteiger partial charge in [0, 0.05) is 12.6 Å². The topological polar surface area (TPSA) is 32.3 Å². The first-order valence-corrected chi connectivity index (χ1v) is 11.7. The van der Waals surface area contributed by atoms with E-state index in [1.807, 2.05) is 0 Å². The number of likely N-dealkylation sites (tertiary alicyclic amines) is 1. The van der Waals surface area contributed by atoms with Crippen molar-refractivity contribution in [3.63, 3.8) is 0 Å². The predicted molar refractivity (Wildman–Crippen MR) is 111 cm³/mol. The summed E-state index contributed by atoms with van der Waals surface area (Å²) in [5.41, 5.74) is 3.47. The van der Waals surface area contributed by atoms with E-state index in [-0.39, 0.29) is 0 Å². The predicted octanol–water partition coefficient (Wildman–Crippen LogP) is 3.81. The quantitative estimate of drug-likeness (QED) is 0.867. The van der Waals surface area contributed by atoms with Crippen LogP contribution in [0.5, 0.6) is 0 Å². The molecule has 1 heterocycles. The molecule has 5 fully saturated rings. The molecule has 1 aromatic carbocycles. The van der Waals surface area contributed by atoms with Crippen molar-refractivity contribution in [1.29, 1.82) is 0 Å². The van der Waals surface area contributed by atoms with Crippen molar-refractivity contribution in [2.24, 2.45) is 29.1 Å². The molecule has 1 N–H and O–H groups in total. The van der Waals surface area contributed by atoms with Gasteiger partial charge in [0.25, 0.3) is 0 Å². The van der Waals surface area contributed by atoms with Crippen molar-refractivity contribution in [3.05, 3.63) is 35.4 Å². The average Bonchev–Trinajstić information content (AvgIpc) is 3.01. The number of piperidine rings is 1. The fourth-order valence-electron chi connectivity index (χ4n) is 8.10. The van der Waals surface area contributed by atoms with Crippen LogP contribution in [0.1, 0.15) is 56.1 Å². The van der Waals surface area contributed by atoms with Crippen LogP contribution in [0.4, 0.5) is 0 Å². The Bertz CT molecular complexity index is 719. The van der Waals surface area contributed by atoms with Gasteiger partial charge in [-0.15, -0.1) is 0 Å². The van der Waals surface area contributed by atoms with E-state index >= 15 is 0 Å². The van der Waals surface area contributed by atoms with Gasteiger partial charge in [-0.25, -0.2) is 0 Å². The van der Waals surface area contributed by atoms with E-state index in [1.165, 1.54) is 57.8 Å². The highest BCUT2D eigenvalue weighted by molar-refractivity contribution is 5.78. The first-order valence-electron chi connectivity index (χ1n) is 11.7. The van der Waals surface area contributed by atoms with Crippen LogP contribution in [0.2, 0.25) is 0 Å². The zero-order valence-electron chi connectivity index (χ0n) is 17.0. The molecule has 3 heteroatoms. The smallest absolute Gasteiger partial charge is 0.234 e. The number of nitrogens with one attached hydrogen (secondary N) is 1. The van der Waals surface area contributed by atoms with Gasteiger partial charge in [0.05, 0.1) is 6.54 Å². The molecule has 1 saturated heterocycles. The maximum Gasteiger partial charge on any atom is 0.234 e. The maximum absolute atomic E-state index is 13.0. The minimum atomic E-state index is 0.296. The number of nitrogens with zero attached hydrogens (tertiary/aromatic N) is 1. The number of amides is 1. The molecule has 6 aliphatic rings. The molecule has 0 atom stereocenters. The molecular formula is C25H34N2O. The van der Waals surface area contributed by atoms with Gasteiger partial charge in [-0.2, -0.15) is 0 Å². The minimum Gasteiger partial charge on any atom is -0.352 e. The second-order valence-electron chi connectivity index (χ2n) is 11.0. The Hall–Kier alpha value is -1.35. The Labute approximate surface area is 169 Å². The Morgan fingerprint density at radius 3 is 2.29 bits per heavy atom. The van der Waals surface area contributed by atoms with Gasteiger partial charge in [0.2, 0.25) is 5.91 Å². The first kappa shape index (κ1) is 17.5. The summed E-state index contributed by atoms with van der Waals surface area (Å²) in [6.45, 7) is 2.80. The number of fused-ring (bicyclic) bond motifs is 1. The summed E-state index contributed by atoms with van der Waals surface area (Å²) >= 11 is 0. The second kappa shape index (κ2) is 6.58. The summed E-state index contributed by atoms with van der Waals surface area (Å²) in [4.78, 5) is 15.4. The van der Waals surface area contributed by atoms with Crippen molar-refractivity contribution < 1.29 is 4.79 Å². The average molecular weight is 379 g/mol. The Morgan fingerprint density at radius 2 is 1.64 bits per heavy atom. The SMILES string of the molecule is O=C(CN1CCCC2(Cc3ccccc3C2)C1)NC1C2CC3CC(C2)CC1C3. The lowest BCUT2D eigenvalue weighted by molar-refractivity contribution is -0.127. The third kappa shape index (κ3) is 3.01. The van der Waals surface area contributed by atoms with E-state index < -0.39 is 0 Å². The van der Waals surface area contributed by atoms with E-state index in [4.69, 9.17) is 0 Å². The van der Waals surface area contributed by atoms with E-state index in [0.717, 1.165) is 36.8 Å². The van der Waals surface area contributed by atoms with Crippen molar-refractivity contribution in [2.75, 3.05) is 19.6 Å². The van der Waals surface area contributed by atoms with Gasteiger partial charge < -0.3 is 5.32 Å². The van der Waals surface area contributed by atoms with Gasteiger partial charge in [0.1, 0.15) is 0 Å². The van der Waals surface area contributed by atoms with Gasteiger partial charge >= 0.3 is 0 Å². The number of carbonyl (C=O) groups is 1. The summed E-state index contributed by atoms with van der Waals surface area (Å²) in [6, 6.07) is 9.45. The Kier molecular flexibility index (Phi) is 4.12. The van der Waals surface area contributed by atoms with Crippen molar-refractivity contribution >= 4 is 5.91 Å². The number of hydrogen-bond acceptors (Lipinski definition) is 2. The van der Waals surface area contributed by atoms with Crippen molar-refractivity contribution in [1.82, 2.24) is 10.2 Å². The monoisotopic (exact) mass is 378 g/mol. The molecule has 4 bridgehead atoms. The molecule has 150 valence electrons. The highest BCUT2D eigenvalue weighted by Gasteiger charge is 2.48. The van der Waals surface area contributed by atoms with E-state index in [2.05, 4.69) is 34.5 Å². The van der Waals surface area contributed by atoms with Crippen LogP contribution in [0.15, 0.2) is 24.3 Å². The van der Waals surface area contributed by atoms with Gasteiger partial charge in [-0.05, 0) is 105 Å². The number of rotatable bonds is 3. The van der Waals surface area contributed by atoms with Gasteiger partial charge in [0.15, 0.2) is 0 Å². The fourth-order valence-corrected chi connectivity index (χ4v) is 8.10. The standard InChI is InChI=1S/C25H34N2O/c28-23(26-24-21-9-17-8-18(11-21)12-22(24)10-17)15-27-7-3-6-25(16-27)13-19-4-1-2-5-20(19)14-25/h1-2,4-5,17-18,21-22,24H,3,6-16H2,(H,26,28). The molecule has 3 nitrogen and oxygen atoms in total. The summed E-state index contributed by atoms with van der Waals surface area (Å²) in [5.74, 6) is 3.79. The van der Waals surface area contributed by atoms with Crippen LogP contribution in [-0.2, 0) is 17.6 Å². The Morgan fingerprint density at radius 1 is 1.00 bits per heavy atom. The van der Waals surface area contributed by atoms with Crippen molar-refractivity contribution in [2.45, 2.75) is 63.8 Å². The number of carbonyl (C=O) groups excluding carboxylic acids is 1. The van der Waals surface area contributed by atoms with E-state index in [1.54, 1.807) is 11.1 Å². The maximum atomic E-state index is 13.0. The molecule has 7 rings (SSSR count). The molecule has 1 aliphatic heterocycles. The highest BCUT2D eigenvalue weighted by Crippen LogP contribution is 2.53. The van der Waals surface area contributed by atoms with Crippen molar-refractivity contribution in [3.8, 4) is 0 Å². The molecule has 0 aromatic heterocycles. The minimum absolute atomic E-state index is 0.296. The van der Waals surface area contributed by atoms with Crippen LogP contribution in [0.25, 0.3) is 0 Å².